The van der Waals surface area contributed by atoms with Crippen LogP contribution in [0.1, 0.15) is 22.2 Å². The highest BCUT2D eigenvalue weighted by atomic mass is 35.5. The van der Waals surface area contributed by atoms with E-state index in [4.69, 9.17) is 11.6 Å². The first-order chi connectivity index (χ1) is 10.6. The number of imidazole rings is 1. The predicted octanol–water partition coefficient (Wildman–Crippen LogP) is 2.87. The number of fused-ring (bicyclic) bond motifs is 2. The van der Waals surface area contributed by atoms with Crippen molar-refractivity contribution in [3.05, 3.63) is 33.7 Å². The molecule has 0 aliphatic carbocycles. The average molecular weight is 354 g/mol. The zero-order valence-corrected chi connectivity index (χ0v) is 14.2. The highest BCUT2D eigenvalue weighted by Crippen LogP contribution is 2.45. The van der Waals surface area contributed by atoms with Crippen LogP contribution in [0, 0.1) is 6.92 Å². The summed E-state index contributed by atoms with van der Waals surface area (Å²) < 4.78 is 3.71. The van der Waals surface area contributed by atoms with E-state index in [9.17, 15) is 4.79 Å². The summed E-state index contributed by atoms with van der Waals surface area (Å²) in [5, 5.41) is 9.75. The molecule has 6 nitrogen and oxygen atoms in total. The maximum atomic E-state index is 12.0. The molecule has 0 saturated carbocycles. The van der Waals surface area contributed by atoms with Crippen LogP contribution in [0.2, 0.25) is 5.15 Å². The van der Waals surface area contributed by atoms with Gasteiger partial charge in [0.25, 0.3) is 0 Å². The van der Waals surface area contributed by atoms with Crippen LogP contribution in [0.15, 0.2) is 11.6 Å². The summed E-state index contributed by atoms with van der Waals surface area (Å²) in [4.78, 5) is 17.3. The molecule has 3 aromatic heterocycles. The van der Waals surface area contributed by atoms with Gasteiger partial charge < -0.3 is 5.32 Å². The second-order valence-corrected chi connectivity index (χ2v) is 7.38. The van der Waals surface area contributed by atoms with E-state index in [0.717, 1.165) is 27.7 Å². The number of hydrogen-bond donors (Lipinski definition) is 1. The van der Waals surface area contributed by atoms with Crippen molar-refractivity contribution in [3.8, 4) is 0 Å². The summed E-state index contributed by atoms with van der Waals surface area (Å²) in [6.45, 7) is 1.95. The van der Waals surface area contributed by atoms with E-state index in [1.165, 1.54) is 11.3 Å². The average Bonchev–Trinajstić information content (AvgIpc) is 3.04. The Hall–Kier alpha value is -1.51. The Bertz CT molecular complexity index is 896. The Morgan fingerprint density at radius 1 is 1.50 bits per heavy atom. The van der Waals surface area contributed by atoms with Gasteiger partial charge in [0.1, 0.15) is 5.82 Å². The Morgan fingerprint density at radius 2 is 2.32 bits per heavy atom. The summed E-state index contributed by atoms with van der Waals surface area (Å²) in [5.41, 5.74) is 2.78. The van der Waals surface area contributed by atoms with Crippen LogP contribution >= 0.6 is 34.7 Å². The smallest absolute Gasteiger partial charge is 0.235 e. The molecule has 9 heteroatoms. The fourth-order valence-electron chi connectivity index (χ4n) is 2.77. The quantitative estimate of drug-likeness (QED) is 0.730. The van der Waals surface area contributed by atoms with Crippen LogP contribution in [0.3, 0.4) is 0 Å². The lowest BCUT2D eigenvalue weighted by molar-refractivity contribution is -0.113. The molecule has 1 aliphatic rings. The largest absolute Gasteiger partial charge is 0.310 e. The number of halogens is 1. The lowest BCUT2D eigenvalue weighted by atomic mass is 10.1. The van der Waals surface area contributed by atoms with Gasteiger partial charge >= 0.3 is 0 Å². The number of rotatable bonds is 1. The Balaban J connectivity index is 1.97. The van der Waals surface area contributed by atoms with E-state index >= 15 is 0 Å². The SMILES string of the molecule is Cc1nn(C)c2c1[C@H](c1c(Cl)nc3sccn13)SCC(=O)N2. The third-order valence-corrected chi connectivity index (χ3v) is 5.93. The van der Waals surface area contributed by atoms with Crippen LogP contribution in [-0.2, 0) is 11.8 Å². The maximum Gasteiger partial charge on any atom is 0.235 e. The van der Waals surface area contributed by atoms with Crippen LogP contribution in [0.25, 0.3) is 4.96 Å². The third kappa shape index (κ3) is 1.98. The number of thiazole rings is 1. The van der Waals surface area contributed by atoms with Gasteiger partial charge in [-0.05, 0) is 6.92 Å². The van der Waals surface area contributed by atoms with Crippen molar-refractivity contribution in [1.82, 2.24) is 19.2 Å². The Labute approximate surface area is 139 Å². The zero-order chi connectivity index (χ0) is 15.4. The molecule has 0 radical (unpaired) electrons. The lowest BCUT2D eigenvalue weighted by Gasteiger charge is -2.14. The molecule has 3 aromatic rings. The molecule has 0 bridgehead atoms. The molecular formula is C13H12ClN5OS2. The van der Waals surface area contributed by atoms with Crippen molar-refractivity contribution >= 4 is 51.4 Å². The van der Waals surface area contributed by atoms with Crippen LogP contribution in [0.4, 0.5) is 5.82 Å². The number of carbonyl (C=O) groups is 1. The summed E-state index contributed by atoms with van der Waals surface area (Å²) in [5.74, 6) is 1.07. The van der Waals surface area contributed by atoms with Gasteiger partial charge in [-0.3, -0.25) is 13.9 Å². The fourth-order valence-corrected chi connectivity index (χ4v) is 5.11. The number of hydrogen-bond acceptors (Lipinski definition) is 5. The molecule has 4 heterocycles. The molecule has 1 N–H and O–H groups in total. The van der Waals surface area contributed by atoms with Crippen LogP contribution < -0.4 is 5.32 Å². The number of nitrogens with zero attached hydrogens (tertiary/aromatic N) is 4. The van der Waals surface area contributed by atoms with Gasteiger partial charge in [0.05, 0.1) is 22.4 Å². The predicted molar refractivity (Wildman–Crippen MR) is 89.0 cm³/mol. The van der Waals surface area contributed by atoms with Gasteiger partial charge in [-0.2, -0.15) is 5.10 Å². The van der Waals surface area contributed by atoms with E-state index in [1.54, 1.807) is 16.4 Å². The van der Waals surface area contributed by atoms with Crippen molar-refractivity contribution in [2.45, 2.75) is 12.2 Å². The molecule has 1 amide bonds. The number of aromatic nitrogens is 4. The number of amides is 1. The highest BCUT2D eigenvalue weighted by molar-refractivity contribution is 8.00. The van der Waals surface area contributed by atoms with Crippen molar-refractivity contribution in [1.29, 1.82) is 0 Å². The molecule has 4 rings (SSSR count). The van der Waals surface area contributed by atoms with E-state index in [-0.39, 0.29) is 11.2 Å². The minimum Gasteiger partial charge on any atom is -0.310 e. The van der Waals surface area contributed by atoms with Gasteiger partial charge in [-0.15, -0.1) is 23.1 Å². The molecule has 114 valence electrons. The monoisotopic (exact) mass is 353 g/mol. The first-order valence-electron chi connectivity index (χ1n) is 6.62. The first-order valence-corrected chi connectivity index (χ1v) is 8.92. The van der Waals surface area contributed by atoms with Crippen molar-refractivity contribution in [3.63, 3.8) is 0 Å². The zero-order valence-electron chi connectivity index (χ0n) is 11.8. The van der Waals surface area contributed by atoms with Gasteiger partial charge in [-0.25, -0.2) is 4.98 Å². The fraction of sp³-hybridized carbons (Fsp3) is 0.308. The van der Waals surface area contributed by atoms with Crippen molar-refractivity contribution in [2.24, 2.45) is 7.05 Å². The van der Waals surface area contributed by atoms with Gasteiger partial charge in [0, 0.05) is 24.2 Å². The normalized spacial score (nSPS) is 18.3. The second-order valence-electron chi connectivity index (χ2n) is 5.05. The molecule has 0 saturated heterocycles. The van der Waals surface area contributed by atoms with Gasteiger partial charge in [0.2, 0.25) is 5.91 Å². The van der Waals surface area contributed by atoms with Gasteiger partial charge in [0.15, 0.2) is 10.1 Å². The van der Waals surface area contributed by atoms with E-state index in [2.05, 4.69) is 15.4 Å². The molecular weight excluding hydrogens is 342 g/mol. The Kier molecular flexibility index (Phi) is 3.21. The molecule has 1 aliphatic heterocycles. The maximum absolute atomic E-state index is 12.0. The lowest BCUT2D eigenvalue weighted by Crippen LogP contribution is -2.15. The van der Waals surface area contributed by atoms with Crippen molar-refractivity contribution < 1.29 is 4.79 Å². The topological polar surface area (TPSA) is 64.2 Å². The summed E-state index contributed by atoms with van der Waals surface area (Å²) in [7, 11) is 1.83. The molecule has 22 heavy (non-hydrogen) atoms. The molecule has 0 aromatic carbocycles. The van der Waals surface area contributed by atoms with Gasteiger partial charge in [-0.1, -0.05) is 11.6 Å². The number of thioether (sulfide) groups is 1. The summed E-state index contributed by atoms with van der Waals surface area (Å²) in [6, 6.07) is 0. The molecule has 1 atom stereocenters. The van der Waals surface area contributed by atoms with E-state index in [0.29, 0.717) is 10.9 Å². The first kappa shape index (κ1) is 14.1. The second kappa shape index (κ2) is 5.00. The van der Waals surface area contributed by atoms with Crippen LogP contribution in [-0.4, -0.2) is 30.8 Å². The van der Waals surface area contributed by atoms with E-state index < -0.39 is 0 Å². The highest BCUT2D eigenvalue weighted by Gasteiger charge is 2.33. The standard InChI is InChI=1S/C13H12ClN5OS2/c1-6-8-10(9-11(14)16-13-19(9)3-4-21-13)22-5-7(20)15-12(8)18(2)17-6/h3-4,10H,5H2,1-2H3,(H,15,20)/t10-/m1/s1. The number of carbonyl (C=O) groups excluding carboxylic acids is 1. The number of anilines is 1. The third-order valence-electron chi connectivity index (χ3n) is 3.67. The molecule has 0 unspecified atom stereocenters. The Morgan fingerprint density at radius 3 is 3.14 bits per heavy atom. The van der Waals surface area contributed by atoms with E-state index in [1.807, 2.05) is 29.9 Å². The van der Waals surface area contributed by atoms with Crippen molar-refractivity contribution in [2.75, 3.05) is 11.1 Å². The molecule has 0 spiro atoms. The summed E-state index contributed by atoms with van der Waals surface area (Å²) >= 11 is 9.47. The summed E-state index contributed by atoms with van der Waals surface area (Å²) in [6.07, 6.45) is 1.96. The minimum atomic E-state index is -0.0836. The minimum absolute atomic E-state index is 0.0287. The number of aryl methyl sites for hydroxylation is 2. The van der Waals surface area contributed by atoms with Crippen LogP contribution in [0.5, 0.6) is 0 Å². The number of nitrogens with one attached hydrogen (secondary N) is 1. The molecule has 0 fully saturated rings.